The molecule has 0 aliphatic rings. The van der Waals surface area contributed by atoms with Gasteiger partial charge in [0.25, 0.3) is 5.56 Å². The van der Waals surface area contributed by atoms with Crippen LogP contribution in [0.4, 0.5) is 8.78 Å². The van der Waals surface area contributed by atoms with Crippen molar-refractivity contribution in [3.63, 3.8) is 0 Å². The predicted octanol–water partition coefficient (Wildman–Crippen LogP) is 2.91. The summed E-state index contributed by atoms with van der Waals surface area (Å²) in [6.45, 7) is 2.47. The summed E-state index contributed by atoms with van der Waals surface area (Å²) in [4.78, 5) is 25.7. The molecule has 2 aromatic carbocycles. The van der Waals surface area contributed by atoms with Gasteiger partial charge in [-0.1, -0.05) is 23.7 Å². The number of halogens is 3. The van der Waals surface area contributed by atoms with Crippen molar-refractivity contribution in [2.75, 3.05) is 0 Å². The minimum Gasteiger partial charge on any atom is -0.389 e. The monoisotopic (exact) mass is 394 g/mol. The first-order valence-corrected chi connectivity index (χ1v) is 8.54. The molecule has 1 aromatic heterocycles. The van der Waals surface area contributed by atoms with Gasteiger partial charge in [-0.15, -0.1) is 0 Å². The van der Waals surface area contributed by atoms with Crippen molar-refractivity contribution in [2.24, 2.45) is 0 Å². The SMILES string of the molecule is CC(C)(O)Cn1c(=O)n(Cc2ccc(Cl)cc2)c(=O)c2ccc(F)c(F)c21. The predicted molar refractivity (Wildman–Crippen MR) is 99.2 cm³/mol. The highest BCUT2D eigenvalue weighted by molar-refractivity contribution is 6.30. The zero-order chi connectivity index (χ0) is 19.9. The Hall–Kier alpha value is -2.51. The van der Waals surface area contributed by atoms with Gasteiger partial charge in [0.2, 0.25) is 0 Å². The number of aromatic nitrogens is 2. The Morgan fingerprint density at radius 2 is 1.67 bits per heavy atom. The molecule has 0 atom stereocenters. The molecule has 27 heavy (non-hydrogen) atoms. The van der Waals surface area contributed by atoms with Crippen LogP contribution in [-0.4, -0.2) is 19.8 Å². The van der Waals surface area contributed by atoms with Crippen LogP contribution in [0.1, 0.15) is 19.4 Å². The minimum absolute atomic E-state index is 0.0738. The van der Waals surface area contributed by atoms with Crippen LogP contribution in [0.25, 0.3) is 10.9 Å². The average molecular weight is 395 g/mol. The van der Waals surface area contributed by atoms with Gasteiger partial charge in [-0.05, 0) is 43.7 Å². The third-order valence-corrected chi connectivity index (χ3v) is 4.33. The van der Waals surface area contributed by atoms with Gasteiger partial charge < -0.3 is 5.11 Å². The van der Waals surface area contributed by atoms with E-state index in [4.69, 9.17) is 11.6 Å². The van der Waals surface area contributed by atoms with Crippen LogP contribution < -0.4 is 11.2 Å². The standard InChI is InChI=1S/C19H17ClF2N2O3/c1-19(2,27)10-24-16-13(7-8-14(21)15(16)22)17(25)23(18(24)26)9-11-3-5-12(20)6-4-11/h3-8,27H,9-10H2,1-2H3. The molecule has 0 amide bonds. The molecule has 5 nitrogen and oxygen atoms in total. The first-order valence-electron chi connectivity index (χ1n) is 8.16. The lowest BCUT2D eigenvalue weighted by atomic mass is 10.1. The Kier molecular flexibility index (Phi) is 4.92. The maximum absolute atomic E-state index is 14.4. The van der Waals surface area contributed by atoms with E-state index >= 15 is 0 Å². The normalized spacial score (nSPS) is 11.9. The number of benzene rings is 2. The van der Waals surface area contributed by atoms with E-state index < -0.39 is 34.0 Å². The number of aliphatic hydroxyl groups is 1. The molecule has 0 radical (unpaired) electrons. The van der Waals surface area contributed by atoms with Gasteiger partial charge in [-0.25, -0.2) is 13.6 Å². The molecule has 0 unspecified atom stereocenters. The lowest BCUT2D eigenvalue weighted by Crippen LogP contribution is -2.43. The second kappa shape index (κ2) is 6.90. The summed E-state index contributed by atoms with van der Waals surface area (Å²) in [6.07, 6.45) is 0. The van der Waals surface area contributed by atoms with Crippen molar-refractivity contribution in [1.82, 2.24) is 9.13 Å². The molecule has 0 saturated carbocycles. The fraction of sp³-hybridized carbons (Fsp3) is 0.263. The number of hydrogen-bond donors (Lipinski definition) is 1. The van der Waals surface area contributed by atoms with E-state index in [1.54, 1.807) is 24.3 Å². The van der Waals surface area contributed by atoms with Gasteiger partial charge in [-0.2, -0.15) is 0 Å². The molecule has 1 heterocycles. The number of rotatable bonds is 4. The summed E-state index contributed by atoms with van der Waals surface area (Å²) in [5.41, 5.74) is -2.79. The van der Waals surface area contributed by atoms with Gasteiger partial charge >= 0.3 is 5.69 Å². The molecule has 0 aliphatic carbocycles. The Bertz CT molecular complexity index is 1130. The summed E-state index contributed by atoms with van der Waals surface area (Å²) in [6, 6.07) is 8.52. The Morgan fingerprint density at radius 3 is 2.26 bits per heavy atom. The number of nitrogens with zero attached hydrogens (tertiary/aromatic N) is 2. The fourth-order valence-corrected chi connectivity index (χ4v) is 3.02. The van der Waals surface area contributed by atoms with Crippen LogP contribution in [0.5, 0.6) is 0 Å². The maximum atomic E-state index is 14.4. The third kappa shape index (κ3) is 3.79. The molecule has 8 heteroatoms. The molecule has 1 N–H and O–H groups in total. The number of fused-ring (bicyclic) bond motifs is 1. The van der Waals surface area contributed by atoms with E-state index in [1.165, 1.54) is 13.8 Å². The Morgan fingerprint density at radius 1 is 1.04 bits per heavy atom. The quantitative estimate of drug-likeness (QED) is 0.740. The molecule has 0 aliphatic heterocycles. The average Bonchev–Trinajstić information content (AvgIpc) is 2.59. The van der Waals surface area contributed by atoms with Crippen molar-refractivity contribution in [1.29, 1.82) is 0 Å². The minimum atomic E-state index is -1.39. The first kappa shape index (κ1) is 19.3. The van der Waals surface area contributed by atoms with Crippen LogP contribution in [0, 0.1) is 11.6 Å². The topological polar surface area (TPSA) is 64.2 Å². The molecular formula is C19H17ClF2N2O3. The highest BCUT2D eigenvalue weighted by atomic mass is 35.5. The van der Waals surface area contributed by atoms with Gasteiger partial charge in [0.05, 0.1) is 29.6 Å². The second-order valence-corrected chi connectivity index (χ2v) is 7.39. The van der Waals surface area contributed by atoms with Gasteiger partial charge in [0.15, 0.2) is 11.6 Å². The zero-order valence-electron chi connectivity index (χ0n) is 14.7. The molecule has 142 valence electrons. The van der Waals surface area contributed by atoms with E-state index in [-0.39, 0.29) is 18.5 Å². The highest BCUT2D eigenvalue weighted by Crippen LogP contribution is 2.19. The fourth-order valence-electron chi connectivity index (χ4n) is 2.90. The Balaban J connectivity index is 2.32. The van der Waals surface area contributed by atoms with E-state index in [1.807, 2.05) is 0 Å². The molecule has 0 spiro atoms. The summed E-state index contributed by atoms with van der Waals surface area (Å²) in [5, 5.41) is 10.5. The van der Waals surface area contributed by atoms with Gasteiger partial charge in [0, 0.05) is 5.02 Å². The van der Waals surface area contributed by atoms with Crippen LogP contribution in [-0.2, 0) is 13.1 Å². The summed E-state index contributed by atoms with van der Waals surface area (Å²) in [5.74, 6) is -2.48. The van der Waals surface area contributed by atoms with E-state index in [9.17, 15) is 23.5 Å². The lowest BCUT2D eigenvalue weighted by molar-refractivity contribution is 0.0608. The number of hydrogen-bond acceptors (Lipinski definition) is 3. The van der Waals surface area contributed by atoms with E-state index in [2.05, 4.69) is 0 Å². The highest BCUT2D eigenvalue weighted by Gasteiger charge is 2.23. The Labute approximate surface area is 158 Å². The smallest absolute Gasteiger partial charge is 0.331 e. The van der Waals surface area contributed by atoms with E-state index in [0.717, 1.165) is 21.3 Å². The molecule has 0 bridgehead atoms. The van der Waals surface area contributed by atoms with Crippen molar-refractivity contribution in [3.05, 3.63) is 79.5 Å². The summed E-state index contributed by atoms with van der Waals surface area (Å²) in [7, 11) is 0. The van der Waals surface area contributed by atoms with Gasteiger partial charge in [-0.3, -0.25) is 13.9 Å². The molecule has 3 rings (SSSR count). The molecule has 0 saturated heterocycles. The summed E-state index contributed by atoms with van der Waals surface area (Å²) >= 11 is 5.85. The van der Waals surface area contributed by atoms with Crippen LogP contribution in [0.3, 0.4) is 0 Å². The first-order chi connectivity index (χ1) is 12.6. The molecule has 3 aromatic rings. The van der Waals surface area contributed by atoms with Crippen molar-refractivity contribution in [3.8, 4) is 0 Å². The summed E-state index contributed by atoms with van der Waals surface area (Å²) < 4.78 is 30.0. The largest absolute Gasteiger partial charge is 0.389 e. The molecule has 0 fully saturated rings. The van der Waals surface area contributed by atoms with Crippen LogP contribution in [0.2, 0.25) is 5.02 Å². The van der Waals surface area contributed by atoms with Gasteiger partial charge in [0.1, 0.15) is 0 Å². The second-order valence-electron chi connectivity index (χ2n) is 6.96. The molecular weight excluding hydrogens is 378 g/mol. The van der Waals surface area contributed by atoms with Crippen LogP contribution >= 0.6 is 11.6 Å². The van der Waals surface area contributed by atoms with Crippen molar-refractivity contribution < 1.29 is 13.9 Å². The zero-order valence-corrected chi connectivity index (χ0v) is 15.4. The van der Waals surface area contributed by atoms with Crippen LogP contribution in [0.15, 0.2) is 46.0 Å². The van der Waals surface area contributed by atoms with Crippen molar-refractivity contribution >= 4 is 22.5 Å². The maximum Gasteiger partial charge on any atom is 0.331 e. The lowest BCUT2D eigenvalue weighted by Gasteiger charge is -2.21. The third-order valence-electron chi connectivity index (χ3n) is 4.08. The van der Waals surface area contributed by atoms with E-state index in [0.29, 0.717) is 10.6 Å². The van der Waals surface area contributed by atoms with Crippen molar-refractivity contribution in [2.45, 2.75) is 32.5 Å².